The van der Waals surface area contributed by atoms with E-state index < -0.39 is 0 Å². The predicted molar refractivity (Wildman–Crippen MR) is 64.3 cm³/mol. The lowest BCUT2D eigenvalue weighted by atomic mass is 10.2. The summed E-state index contributed by atoms with van der Waals surface area (Å²) in [5.41, 5.74) is 0. The average Bonchev–Trinajstić information content (AvgIpc) is 2.09. The van der Waals surface area contributed by atoms with Crippen molar-refractivity contribution in [1.29, 1.82) is 0 Å². The minimum atomic E-state index is 0. The van der Waals surface area contributed by atoms with Crippen molar-refractivity contribution in [1.82, 2.24) is 0 Å². The third kappa shape index (κ3) is 10.6. The first-order valence-electron chi connectivity index (χ1n) is 5.38. The number of hydrogen-bond acceptors (Lipinski definition) is 1. The molecule has 0 rings (SSSR count). The Morgan fingerprint density at radius 2 is 1.71 bits per heavy atom. The molecular weight excluding hydrogens is 258 g/mol. The van der Waals surface area contributed by atoms with E-state index in [0.717, 1.165) is 10.9 Å². The number of quaternary nitrogens is 1. The van der Waals surface area contributed by atoms with Crippen LogP contribution in [0.5, 0.6) is 0 Å². The number of rotatable bonds is 8. The molecule has 0 fully saturated rings. The molecule has 0 heterocycles. The van der Waals surface area contributed by atoms with Crippen molar-refractivity contribution in [2.45, 2.75) is 39.0 Å². The van der Waals surface area contributed by atoms with E-state index in [1.165, 1.54) is 38.8 Å². The van der Waals surface area contributed by atoms with E-state index in [2.05, 4.69) is 21.0 Å². The van der Waals surface area contributed by atoms with E-state index in [0.29, 0.717) is 0 Å². The molecule has 3 heteroatoms. The fraction of sp³-hybridized carbons (Fsp3) is 0.909. The molecule has 86 valence electrons. The molecule has 0 aromatic rings. The van der Waals surface area contributed by atoms with Crippen LogP contribution >= 0.6 is 12.2 Å². The molecule has 0 aromatic heterocycles. The van der Waals surface area contributed by atoms with Crippen LogP contribution in [-0.4, -0.2) is 37.0 Å². The van der Waals surface area contributed by atoms with Gasteiger partial charge in [0, 0.05) is 6.42 Å². The molecule has 0 bridgehead atoms. The third-order valence-electron chi connectivity index (χ3n) is 2.47. The fourth-order valence-corrected chi connectivity index (χ4v) is 1.59. The molecule has 0 amide bonds. The van der Waals surface area contributed by atoms with Crippen molar-refractivity contribution in [3.63, 3.8) is 0 Å². The Kier molecular flexibility index (Phi) is 12.2. The van der Waals surface area contributed by atoms with Crippen molar-refractivity contribution in [3.8, 4) is 0 Å². The van der Waals surface area contributed by atoms with Crippen LogP contribution < -0.4 is 17.0 Å². The first-order chi connectivity index (χ1) is 6.12. The summed E-state index contributed by atoms with van der Waals surface area (Å²) in [6, 6.07) is 0. The molecule has 1 nitrogen and oxygen atoms in total. The van der Waals surface area contributed by atoms with Crippen molar-refractivity contribution in [2.75, 3.05) is 27.2 Å². The number of thiocarbonyl (C=S) groups is 1. The third-order valence-corrected chi connectivity index (χ3v) is 2.70. The van der Waals surface area contributed by atoms with Gasteiger partial charge in [0.05, 0.1) is 27.2 Å². The number of hydrogen-bond donors (Lipinski definition) is 0. The normalized spacial score (nSPS) is 10.8. The maximum absolute atomic E-state index is 4.84. The van der Waals surface area contributed by atoms with Gasteiger partial charge in [-0.25, -0.2) is 0 Å². The highest BCUT2D eigenvalue weighted by atomic mass is 79.9. The molecule has 0 spiro atoms. The molecule has 0 unspecified atom stereocenters. The van der Waals surface area contributed by atoms with Gasteiger partial charge in [0.2, 0.25) is 0 Å². The van der Waals surface area contributed by atoms with E-state index in [1.807, 2.05) is 5.37 Å². The lowest BCUT2D eigenvalue weighted by molar-refractivity contribution is -0.889. The highest BCUT2D eigenvalue weighted by Gasteiger charge is 2.12. The molecule has 0 saturated heterocycles. The fourth-order valence-electron chi connectivity index (χ4n) is 1.48. The Balaban J connectivity index is 0. The van der Waals surface area contributed by atoms with Crippen LogP contribution in [0.4, 0.5) is 0 Å². The molecule has 0 atom stereocenters. The van der Waals surface area contributed by atoms with Gasteiger partial charge in [-0.3, -0.25) is 0 Å². The second-order valence-corrected chi connectivity index (χ2v) is 4.73. The van der Waals surface area contributed by atoms with Gasteiger partial charge < -0.3 is 21.5 Å². The van der Waals surface area contributed by atoms with E-state index in [-0.39, 0.29) is 17.0 Å². The smallest absolute Gasteiger partial charge is 0.0825 e. The second-order valence-electron chi connectivity index (χ2n) is 4.40. The minimum absolute atomic E-state index is 0. The molecule has 14 heavy (non-hydrogen) atoms. The molecular formula is C11H24BrNS. The number of nitrogens with zero attached hydrogens (tertiary/aromatic N) is 1. The van der Waals surface area contributed by atoms with E-state index in [4.69, 9.17) is 12.2 Å². The summed E-state index contributed by atoms with van der Waals surface area (Å²) >= 11 is 4.84. The first kappa shape index (κ1) is 16.9. The Bertz CT molecular complexity index is 137. The van der Waals surface area contributed by atoms with Crippen LogP contribution in [0.2, 0.25) is 0 Å². The van der Waals surface area contributed by atoms with Crippen LogP contribution in [0, 0.1) is 0 Å². The standard InChI is InChI=1S/C11H24NS.BrH/c1-4-5-6-7-9-12(2,3)10-8-11-13;/h11H,4-10H2,1-3H3;1H/q+1;/p-1. The second kappa shape index (κ2) is 10.1. The summed E-state index contributed by atoms with van der Waals surface area (Å²) in [7, 11) is 4.59. The van der Waals surface area contributed by atoms with E-state index in [1.54, 1.807) is 0 Å². The van der Waals surface area contributed by atoms with Gasteiger partial charge in [-0.05, 0) is 18.2 Å². The first-order valence-corrected chi connectivity index (χ1v) is 5.85. The average molecular weight is 282 g/mol. The van der Waals surface area contributed by atoms with Crippen molar-refractivity contribution >= 4 is 17.6 Å². The summed E-state index contributed by atoms with van der Waals surface area (Å²) in [6.45, 7) is 4.74. The topological polar surface area (TPSA) is 0 Å². The Hall–Kier alpha value is 0.530. The molecule has 0 aromatic carbocycles. The summed E-state index contributed by atoms with van der Waals surface area (Å²) in [6.07, 6.45) is 6.52. The molecule has 0 aliphatic carbocycles. The van der Waals surface area contributed by atoms with Gasteiger partial charge in [-0.15, -0.1) is 0 Å². The monoisotopic (exact) mass is 281 g/mol. The van der Waals surface area contributed by atoms with Crippen LogP contribution in [0.25, 0.3) is 0 Å². The highest BCUT2D eigenvalue weighted by Crippen LogP contribution is 2.05. The Labute approximate surface area is 105 Å². The van der Waals surface area contributed by atoms with E-state index in [9.17, 15) is 0 Å². The van der Waals surface area contributed by atoms with Gasteiger partial charge >= 0.3 is 0 Å². The van der Waals surface area contributed by atoms with Crippen molar-refractivity contribution in [2.24, 2.45) is 0 Å². The summed E-state index contributed by atoms with van der Waals surface area (Å²) < 4.78 is 1.12. The van der Waals surface area contributed by atoms with Gasteiger partial charge in [0.25, 0.3) is 0 Å². The lowest BCUT2D eigenvalue weighted by Crippen LogP contribution is -3.00. The predicted octanol–water partition coefficient (Wildman–Crippen LogP) is 0.0369. The Morgan fingerprint density at radius 3 is 2.21 bits per heavy atom. The van der Waals surface area contributed by atoms with Crippen LogP contribution in [0.15, 0.2) is 0 Å². The molecule has 0 saturated carbocycles. The van der Waals surface area contributed by atoms with Gasteiger partial charge in [0.15, 0.2) is 0 Å². The van der Waals surface area contributed by atoms with Gasteiger partial charge in [-0.1, -0.05) is 32.0 Å². The number of halogens is 1. The maximum atomic E-state index is 4.84. The van der Waals surface area contributed by atoms with Crippen LogP contribution in [-0.2, 0) is 0 Å². The van der Waals surface area contributed by atoms with Crippen LogP contribution in [0.3, 0.4) is 0 Å². The molecule has 0 radical (unpaired) electrons. The molecule has 0 aliphatic rings. The summed E-state index contributed by atoms with van der Waals surface area (Å²) in [5.74, 6) is 0. The maximum Gasteiger partial charge on any atom is 0.0825 e. The zero-order valence-electron chi connectivity index (χ0n) is 9.76. The zero-order valence-corrected chi connectivity index (χ0v) is 12.2. The summed E-state index contributed by atoms with van der Waals surface area (Å²) in [5, 5.41) is 1.85. The van der Waals surface area contributed by atoms with Crippen LogP contribution in [0.1, 0.15) is 39.0 Å². The number of unbranched alkanes of at least 4 members (excludes halogenated alkanes) is 3. The van der Waals surface area contributed by atoms with Gasteiger partial charge in [0.1, 0.15) is 0 Å². The minimum Gasteiger partial charge on any atom is -1.00 e. The SMILES string of the molecule is CCCCCC[N+](C)(C)CCC=S.[Br-]. The van der Waals surface area contributed by atoms with Crippen molar-refractivity contribution in [3.05, 3.63) is 0 Å². The van der Waals surface area contributed by atoms with Gasteiger partial charge in [-0.2, -0.15) is 0 Å². The van der Waals surface area contributed by atoms with E-state index >= 15 is 0 Å². The largest absolute Gasteiger partial charge is 1.00 e. The zero-order chi connectivity index (χ0) is 10.2. The summed E-state index contributed by atoms with van der Waals surface area (Å²) in [4.78, 5) is 0. The lowest BCUT2D eigenvalue weighted by Gasteiger charge is -2.29. The molecule has 0 aliphatic heterocycles. The molecule has 0 N–H and O–H groups in total. The quantitative estimate of drug-likeness (QED) is 0.344. The Morgan fingerprint density at radius 1 is 1.07 bits per heavy atom. The van der Waals surface area contributed by atoms with Crippen molar-refractivity contribution < 1.29 is 21.5 Å². The highest BCUT2D eigenvalue weighted by molar-refractivity contribution is 7.78.